The van der Waals surface area contributed by atoms with Crippen LogP contribution in [0.4, 0.5) is 0 Å². The molecule has 0 aliphatic heterocycles. The summed E-state index contributed by atoms with van der Waals surface area (Å²) in [5.41, 5.74) is 0.834. The molecule has 0 aliphatic carbocycles. The number of hydrogen-bond donors (Lipinski definition) is 1. The van der Waals surface area contributed by atoms with Crippen LogP contribution in [0.25, 0.3) is 5.82 Å². The summed E-state index contributed by atoms with van der Waals surface area (Å²) in [5.74, 6) is -0.410. The van der Waals surface area contributed by atoms with E-state index in [4.69, 9.17) is 5.11 Å². The molecule has 2 heterocycles. The van der Waals surface area contributed by atoms with Crippen LogP contribution in [-0.2, 0) is 0 Å². The third-order valence-electron chi connectivity index (χ3n) is 2.11. The highest BCUT2D eigenvalue weighted by Gasteiger charge is 2.18. The molecule has 0 aliphatic rings. The minimum atomic E-state index is -1.03. The number of pyridine rings is 1. The van der Waals surface area contributed by atoms with Crippen molar-refractivity contribution in [2.24, 2.45) is 0 Å². The molecule has 6 heteroatoms. The second-order valence-corrected chi connectivity index (χ2v) is 4.23. The minimum Gasteiger partial charge on any atom is -0.476 e. The Balaban J connectivity index is 2.60. The zero-order valence-electron chi connectivity index (χ0n) is 8.38. The molecule has 16 heavy (non-hydrogen) atoms. The van der Waals surface area contributed by atoms with E-state index in [9.17, 15) is 4.79 Å². The fourth-order valence-corrected chi connectivity index (χ4v) is 1.89. The zero-order chi connectivity index (χ0) is 11.7. The Kier molecular flexibility index (Phi) is 2.90. The molecule has 5 nitrogen and oxygen atoms in total. The second kappa shape index (κ2) is 4.20. The maximum absolute atomic E-state index is 10.9. The van der Waals surface area contributed by atoms with Gasteiger partial charge < -0.3 is 5.11 Å². The van der Waals surface area contributed by atoms with Gasteiger partial charge in [-0.25, -0.2) is 14.5 Å². The Morgan fingerprint density at radius 2 is 2.25 bits per heavy atom. The first-order valence-corrected chi connectivity index (χ1v) is 5.59. The Morgan fingerprint density at radius 3 is 2.75 bits per heavy atom. The van der Waals surface area contributed by atoms with Crippen LogP contribution in [0.5, 0.6) is 0 Å². The van der Waals surface area contributed by atoms with Crippen LogP contribution in [0.1, 0.15) is 16.2 Å². The Morgan fingerprint density at radius 1 is 1.50 bits per heavy atom. The van der Waals surface area contributed by atoms with Gasteiger partial charge in [-0.15, -0.1) is 0 Å². The summed E-state index contributed by atoms with van der Waals surface area (Å²) in [6, 6.07) is 5.41. The van der Waals surface area contributed by atoms with Crippen LogP contribution in [0.3, 0.4) is 0 Å². The fraction of sp³-hybridized carbons (Fsp3) is 0.100. The van der Waals surface area contributed by atoms with E-state index < -0.39 is 5.97 Å². The van der Waals surface area contributed by atoms with E-state index in [1.54, 1.807) is 18.3 Å². The molecule has 82 valence electrons. The van der Waals surface area contributed by atoms with Gasteiger partial charge in [0.25, 0.3) is 0 Å². The lowest BCUT2D eigenvalue weighted by Crippen LogP contribution is -2.03. The van der Waals surface area contributed by atoms with Gasteiger partial charge in [0.05, 0.1) is 9.26 Å². The SMILES string of the molecule is Cc1c(I)c(C(=O)O)nn1-c1ccccn1. The number of rotatable bonds is 2. The lowest BCUT2D eigenvalue weighted by Gasteiger charge is -2.01. The Labute approximate surface area is 105 Å². The Hall–Kier alpha value is -1.44. The van der Waals surface area contributed by atoms with E-state index in [0.717, 1.165) is 5.69 Å². The molecular formula is C10H8IN3O2. The standard InChI is InChI=1S/C10H8IN3O2/c1-6-8(11)9(10(15)16)13-14(6)7-4-2-3-5-12-7/h2-5H,1H3,(H,15,16). The monoisotopic (exact) mass is 329 g/mol. The first-order valence-electron chi connectivity index (χ1n) is 4.51. The van der Waals surface area contributed by atoms with E-state index in [0.29, 0.717) is 9.39 Å². The number of aromatic carboxylic acids is 1. The van der Waals surface area contributed by atoms with Crippen molar-refractivity contribution in [1.82, 2.24) is 14.8 Å². The van der Waals surface area contributed by atoms with E-state index in [1.807, 2.05) is 35.6 Å². The summed E-state index contributed by atoms with van der Waals surface area (Å²) in [4.78, 5) is 15.0. The summed E-state index contributed by atoms with van der Waals surface area (Å²) in [5, 5.41) is 13.0. The summed E-state index contributed by atoms with van der Waals surface area (Å²) in [7, 11) is 0. The van der Waals surface area contributed by atoms with E-state index >= 15 is 0 Å². The third-order valence-corrected chi connectivity index (χ3v) is 3.40. The van der Waals surface area contributed by atoms with Gasteiger partial charge in [0, 0.05) is 6.20 Å². The average Bonchev–Trinajstić information content (AvgIpc) is 2.58. The van der Waals surface area contributed by atoms with Gasteiger partial charge in [0.2, 0.25) is 0 Å². The topological polar surface area (TPSA) is 68.0 Å². The molecule has 0 unspecified atom stereocenters. The number of carbonyl (C=O) groups is 1. The van der Waals surface area contributed by atoms with Gasteiger partial charge in [0.15, 0.2) is 11.5 Å². The van der Waals surface area contributed by atoms with Gasteiger partial charge >= 0.3 is 5.97 Å². The van der Waals surface area contributed by atoms with E-state index in [1.165, 1.54) is 4.68 Å². The molecule has 0 saturated heterocycles. The zero-order valence-corrected chi connectivity index (χ0v) is 10.5. The van der Waals surface area contributed by atoms with Gasteiger partial charge in [0.1, 0.15) is 0 Å². The molecule has 1 N–H and O–H groups in total. The van der Waals surface area contributed by atoms with Crippen molar-refractivity contribution < 1.29 is 9.90 Å². The van der Waals surface area contributed by atoms with Gasteiger partial charge in [-0.3, -0.25) is 0 Å². The van der Waals surface area contributed by atoms with Crippen molar-refractivity contribution in [2.75, 3.05) is 0 Å². The predicted octanol–water partition coefficient (Wildman–Crippen LogP) is 1.88. The van der Waals surface area contributed by atoms with E-state index in [-0.39, 0.29) is 5.69 Å². The van der Waals surface area contributed by atoms with Crippen LogP contribution in [0, 0.1) is 10.5 Å². The minimum absolute atomic E-state index is 0.0590. The molecule has 0 bridgehead atoms. The smallest absolute Gasteiger partial charge is 0.357 e. The van der Waals surface area contributed by atoms with Crippen LogP contribution < -0.4 is 0 Å². The maximum Gasteiger partial charge on any atom is 0.357 e. The lowest BCUT2D eigenvalue weighted by molar-refractivity contribution is 0.0689. The Bertz CT molecular complexity index is 536. The number of hydrogen-bond acceptors (Lipinski definition) is 3. The van der Waals surface area contributed by atoms with Crippen LogP contribution in [-0.4, -0.2) is 25.8 Å². The van der Waals surface area contributed by atoms with Crippen molar-refractivity contribution in [3.8, 4) is 5.82 Å². The van der Waals surface area contributed by atoms with Crippen molar-refractivity contribution in [3.63, 3.8) is 0 Å². The number of carboxylic acids is 1. The molecule has 2 aromatic heterocycles. The molecule has 0 saturated carbocycles. The van der Waals surface area contributed by atoms with Crippen LogP contribution in [0.2, 0.25) is 0 Å². The van der Waals surface area contributed by atoms with Gasteiger partial charge in [-0.2, -0.15) is 5.10 Å². The molecule has 0 atom stereocenters. The molecule has 2 rings (SSSR count). The van der Waals surface area contributed by atoms with Gasteiger partial charge in [-0.1, -0.05) is 6.07 Å². The molecule has 0 amide bonds. The first kappa shape index (κ1) is 11.1. The number of aromatic nitrogens is 3. The number of halogens is 1. The maximum atomic E-state index is 10.9. The molecular weight excluding hydrogens is 321 g/mol. The largest absolute Gasteiger partial charge is 0.476 e. The molecule has 0 spiro atoms. The van der Waals surface area contributed by atoms with Crippen molar-refractivity contribution in [3.05, 3.63) is 39.4 Å². The van der Waals surface area contributed by atoms with Gasteiger partial charge in [-0.05, 0) is 41.6 Å². The summed E-state index contributed by atoms with van der Waals surface area (Å²) in [6.45, 7) is 1.82. The van der Waals surface area contributed by atoms with Crippen molar-refractivity contribution in [2.45, 2.75) is 6.92 Å². The molecule has 0 fully saturated rings. The summed E-state index contributed by atoms with van der Waals surface area (Å²) >= 11 is 1.98. The third kappa shape index (κ3) is 1.80. The van der Waals surface area contributed by atoms with Crippen molar-refractivity contribution >= 4 is 28.6 Å². The highest BCUT2D eigenvalue weighted by atomic mass is 127. The average molecular weight is 329 g/mol. The second-order valence-electron chi connectivity index (χ2n) is 3.15. The molecule has 2 aromatic rings. The summed E-state index contributed by atoms with van der Waals surface area (Å²) in [6.07, 6.45) is 1.64. The highest BCUT2D eigenvalue weighted by Crippen LogP contribution is 2.18. The summed E-state index contributed by atoms with van der Waals surface area (Å²) < 4.78 is 2.17. The molecule has 0 radical (unpaired) electrons. The fourth-order valence-electron chi connectivity index (χ4n) is 1.32. The van der Waals surface area contributed by atoms with Crippen LogP contribution in [0.15, 0.2) is 24.4 Å². The highest BCUT2D eigenvalue weighted by molar-refractivity contribution is 14.1. The molecule has 0 aromatic carbocycles. The normalized spacial score (nSPS) is 10.4. The number of carboxylic acid groups (broad SMARTS) is 1. The quantitative estimate of drug-likeness (QED) is 0.855. The first-order chi connectivity index (χ1) is 7.61. The van der Waals surface area contributed by atoms with Crippen LogP contribution >= 0.6 is 22.6 Å². The predicted molar refractivity (Wildman–Crippen MR) is 65.8 cm³/mol. The number of nitrogens with zero attached hydrogens (tertiary/aromatic N) is 3. The van der Waals surface area contributed by atoms with E-state index in [2.05, 4.69) is 10.1 Å². The lowest BCUT2D eigenvalue weighted by atomic mass is 10.4. The van der Waals surface area contributed by atoms with Crippen molar-refractivity contribution in [1.29, 1.82) is 0 Å².